The predicted octanol–water partition coefficient (Wildman–Crippen LogP) is 2.43. The lowest BCUT2D eigenvalue weighted by Crippen LogP contribution is -2.28. The lowest BCUT2D eigenvalue weighted by Gasteiger charge is -2.20. The summed E-state index contributed by atoms with van der Waals surface area (Å²) in [5, 5.41) is 0. The Morgan fingerprint density at radius 2 is 2.06 bits per heavy atom. The highest BCUT2D eigenvalue weighted by molar-refractivity contribution is 14.1. The first-order valence-electron chi connectivity index (χ1n) is 5.89. The van der Waals surface area contributed by atoms with Crippen LogP contribution in [0.15, 0.2) is 24.3 Å². The fraction of sp³-hybridized carbons (Fsp3) is 0.538. The smallest absolute Gasteiger partial charge is 0.0234 e. The first kappa shape index (κ1) is 12.3. The van der Waals surface area contributed by atoms with E-state index in [0.29, 0.717) is 0 Å². The van der Waals surface area contributed by atoms with E-state index in [1.807, 2.05) is 0 Å². The minimum absolute atomic E-state index is 1.10. The fourth-order valence-corrected chi connectivity index (χ4v) is 2.76. The van der Waals surface area contributed by atoms with Crippen LogP contribution in [0.1, 0.15) is 12.0 Å². The second-order valence-corrected chi connectivity index (χ2v) is 5.81. The van der Waals surface area contributed by atoms with E-state index in [9.17, 15) is 0 Å². The van der Waals surface area contributed by atoms with Gasteiger partial charge in [-0.15, -0.1) is 0 Å². The summed E-state index contributed by atoms with van der Waals surface area (Å²) in [6.45, 7) is 5.97. The van der Waals surface area contributed by atoms with Crippen LogP contribution in [0.5, 0.6) is 0 Å². The van der Waals surface area contributed by atoms with E-state index in [0.717, 1.165) is 6.54 Å². The van der Waals surface area contributed by atoms with Crippen molar-refractivity contribution in [2.45, 2.75) is 13.0 Å². The van der Waals surface area contributed by atoms with Crippen LogP contribution in [0.3, 0.4) is 0 Å². The summed E-state index contributed by atoms with van der Waals surface area (Å²) in [5.41, 5.74) is 1.44. The van der Waals surface area contributed by atoms with Crippen molar-refractivity contribution in [2.24, 2.45) is 0 Å². The molecule has 0 spiro atoms. The lowest BCUT2D eigenvalue weighted by molar-refractivity contribution is 0.269. The molecule has 0 N–H and O–H groups in total. The van der Waals surface area contributed by atoms with Gasteiger partial charge in [0.05, 0.1) is 0 Å². The molecule has 1 aromatic carbocycles. The van der Waals surface area contributed by atoms with Gasteiger partial charge >= 0.3 is 0 Å². The first-order chi connectivity index (χ1) is 7.74. The van der Waals surface area contributed by atoms with Crippen molar-refractivity contribution in [3.63, 3.8) is 0 Å². The third-order valence-electron chi connectivity index (χ3n) is 3.11. The maximum atomic E-state index is 2.56. The zero-order valence-corrected chi connectivity index (χ0v) is 12.0. The molecular weight excluding hydrogens is 311 g/mol. The number of likely N-dealkylation sites (N-methyl/N-ethyl adjacent to an activating group) is 1. The maximum Gasteiger partial charge on any atom is 0.0234 e. The molecule has 1 fully saturated rings. The first-order valence-corrected chi connectivity index (χ1v) is 6.97. The number of nitrogens with zero attached hydrogens (tertiary/aromatic N) is 2. The second kappa shape index (κ2) is 5.98. The average Bonchev–Trinajstić information content (AvgIpc) is 2.44. The molecule has 1 saturated heterocycles. The van der Waals surface area contributed by atoms with Crippen LogP contribution < -0.4 is 0 Å². The molecule has 0 bridgehead atoms. The van der Waals surface area contributed by atoms with Crippen LogP contribution in [0.4, 0.5) is 0 Å². The molecule has 1 aliphatic heterocycles. The van der Waals surface area contributed by atoms with E-state index < -0.39 is 0 Å². The van der Waals surface area contributed by atoms with Gasteiger partial charge in [-0.3, -0.25) is 4.90 Å². The van der Waals surface area contributed by atoms with Gasteiger partial charge in [0.2, 0.25) is 0 Å². The van der Waals surface area contributed by atoms with Crippen molar-refractivity contribution in [2.75, 3.05) is 33.2 Å². The molecule has 0 saturated carbocycles. The summed E-state index contributed by atoms with van der Waals surface area (Å²) in [7, 11) is 2.22. The van der Waals surface area contributed by atoms with Crippen molar-refractivity contribution < 1.29 is 0 Å². The summed E-state index contributed by atoms with van der Waals surface area (Å²) in [6, 6.07) is 8.83. The maximum absolute atomic E-state index is 2.56. The van der Waals surface area contributed by atoms with Crippen molar-refractivity contribution in [3.8, 4) is 0 Å². The third-order valence-corrected chi connectivity index (χ3v) is 3.78. The highest BCUT2D eigenvalue weighted by Crippen LogP contribution is 2.11. The monoisotopic (exact) mass is 330 g/mol. The van der Waals surface area contributed by atoms with E-state index in [2.05, 4.69) is 63.7 Å². The van der Waals surface area contributed by atoms with Gasteiger partial charge in [-0.2, -0.15) is 0 Å². The molecule has 16 heavy (non-hydrogen) atoms. The molecule has 2 rings (SSSR count). The highest BCUT2D eigenvalue weighted by Gasteiger charge is 2.11. The van der Waals surface area contributed by atoms with Gasteiger partial charge in [-0.05, 0) is 66.8 Å². The Hall–Kier alpha value is -0.130. The summed E-state index contributed by atoms with van der Waals surface area (Å²) in [4.78, 5) is 4.99. The molecule has 0 aromatic heterocycles. The Morgan fingerprint density at radius 3 is 2.88 bits per heavy atom. The van der Waals surface area contributed by atoms with Crippen molar-refractivity contribution >= 4 is 22.6 Å². The van der Waals surface area contributed by atoms with Crippen LogP contribution >= 0.6 is 22.6 Å². The van der Waals surface area contributed by atoms with Gasteiger partial charge in [0.15, 0.2) is 0 Å². The number of halogens is 1. The van der Waals surface area contributed by atoms with Crippen molar-refractivity contribution in [3.05, 3.63) is 33.4 Å². The molecule has 0 radical (unpaired) electrons. The normalized spacial score (nSPS) is 19.6. The van der Waals surface area contributed by atoms with Crippen LogP contribution in [0, 0.1) is 3.57 Å². The minimum Gasteiger partial charge on any atom is -0.305 e. The Balaban J connectivity index is 1.93. The van der Waals surface area contributed by atoms with E-state index in [1.54, 1.807) is 0 Å². The number of hydrogen-bond acceptors (Lipinski definition) is 2. The van der Waals surface area contributed by atoms with Crippen molar-refractivity contribution in [1.29, 1.82) is 0 Å². The molecule has 1 aromatic rings. The van der Waals surface area contributed by atoms with E-state index in [-0.39, 0.29) is 0 Å². The quantitative estimate of drug-likeness (QED) is 0.769. The number of benzene rings is 1. The fourth-order valence-electron chi connectivity index (χ4n) is 2.15. The molecule has 1 aliphatic rings. The number of hydrogen-bond donors (Lipinski definition) is 0. The summed E-state index contributed by atoms with van der Waals surface area (Å²) < 4.78 is 1.34. The van der Waals surface area contributed by atoms with Gasteiger partial charge in [0.25, 0.3) is 0 Å². The summed E-state index contributed by atoms with van der Waals surface area (Å²) in [6.07, 6.45) is 1.29. The third kappa shape index (κ3) is 3.71. The second-order valence-electron chi connectivity index (χ2n) is 4.56. The molecule has 88 valence electrons. The Bertz CT molecular complexity index is 340. The van der Waals surface area contributed by atoms with Crippen LogP contribution in [0.25, 0.3) is 0 Å². The molecule has 0 atom stereocenters. The topological polar surface area (TPSA) is 6.48 Å². The lowest BCUT2D eigenvalue weighted by atomic mass is 10.2. The Morgan fingerprint density at radius 1 is 1.19 bits per heavy atom. The summed E-state index contributed by atoms with van der Waals surface area (Å²) in [5.74, 6) is 0. The molecule has 0 aliphatic carbocycles. The van der Waals surface area contributed by atoms with Gasteiger partial charge < -0.3 is 4.90 Å². The highest BCUT2D eigenvalue weighted by atomic mass is 127. The SMILES string of the molecule is CN1CCCN(Cc2cccc(I)c2)CC1. The molecule has 0 amide bonds. The van der Waals surface area contributed by atoms with Crippen LogP contribution in [-0.2, 0) is 6.54 Å². The van der Waals surface area contributed by atoms with Crippen molar-refractivity contribution in [1.82, 2.24) is 9.80 Å². The molecule has 0 unspecified atom stereocenters. The molecule has 1 heterocycles. The van der Waals surface area contributed by atoms with E-state index >= 15 is 0 Å². The zero-order chi connectivity index (χ0) is 11.4. The predicted molar refractivity (Wildman–Crippen MR) is 76.6 cm³/mol. The van der Waals surface area contributed by atoms with Crippen LogP contribution in [-0.4, -0.2) is 43.0 Å². The number of rotatable bonds is 2. The van der Waals surface area contributed by atoms with Gasteiger partial charge in [0, 0.05) is 23.2 Å². The largest absolute Gasteiger partial charge is 0.305 e. The van der Waals surface area contributed by atoms with Crippen LogP contribution in [0.2, 0.25) is 0 Å². The minimum atomic E-state index is 1.10. The Kier molecular flexibility index (Phi) is 4.61. The molecular formula is C13H19IN2. The van der Waals surface area contributed by atoms with Gasteiger partial charge in [-0.25, -0.2) is 0 Å². The van der Waals surface area contributed by atoms with E-state index in [4.69, 9.17) is 0 Å². The molecule has 3 heteroatoms. The van der Waals surface area contributed by atoms with E-state index in [1.165, 1.54) is 41.7 Å². The zero-order valence-electron chi connectivity index (χ0n) is 9.82. The summed E-state index contributed by atoms with van der Waals surface area (Å²) >= 11 is 2.38. The van der Waals surface area contributed by atoms with Gasteiger partial charge in [0.1, 0.15) is 0 Å². The average molecular weight is 330 g/mol. The Labute approximate surface area is 112 Å². The standard InChI is InChI=1S/C13H19IN2/c1-15-6-3-7-16(9-8-15)11-12-4-2-5-13(14)10-12/h2,4-5,10H,3,6-9,11H2,1H3. The van der Waals surface area contributed by atoms with Gasteiger partial charge in [-0.1, -0.05) is 12.1 Å². The molecule has 2 nitrogen and oxygen atoms in total.